The molecule has 0 aliphatic carbocycles. The van der Waals surface area contributed by atoms with Gasteiger partial charge in [0.05, 0.1) is 5.57 Å². The summed E-state index contributed by atoms with van der Waals surface area (Å²) in [4.78, 5) is 13.0. The van der Waals surface area contributed by atoms with Crippen LogP contribution in [-0.2, 0) is 15.3 Å². The molecule has 0 bridgehead atoms. The van der Waals surface area contributed by atoms with Gasteiger partial charge in [0, 0.05) is 28.0 Å². The third-order valence-corrected chi connectivity index (χ3v) is 5.59. The Balaban J connectivity index is 1.77. The highest BCUT2D eigenvalue weighted by molar-refractivity contribution is 6.33. The van der Waals surface area contributed by atoms with Crippen LogP contribution in [0.2, 0.25) is 0 Å². The van der Waals surface area contributed by atoms with Crippen LogP contribution in [0.1, 0.15) is 27.8 Å². The van der Waals surface area contributed by atoms with Gasteiger partial charge in [-0.2, -0.15) is 0 Å². The molecule has 2 aliphatic heterocycles. The summed E-state index contributed by atoms with van der Waals surface area (Å²) in [5.41, 5.74) is 5.90. The van der Waals surface area contributed by atoms with Crippen LogP contribution < -0.4 is 5.32 Å². The fraction of sp³-hybridized carbons (Fsp3) is 0.115. The fourth-order valence-corrected chi connectivity index (χ4v) is 4.00. The molecule has 4 nitrogen and oxygen atoms in total. The number of nitrogens with one attached hydrogen (secondary N) is 1. The molecule has 1 atom stereocenters. The minimum atomic E-state index is -1.77. The van der Waals surface area contributed by atoms with Crippen LogP contribution in [0.15, 0.2) is 84.4 Å². The molecule has 1 amide bonds. The molecule has 0 aromatic heterocycles. The summed E-state index contributed by atoms with van der Waals surface area (Å²) >= 11 is 0. The highest BCUT2D eigenvalue weighted by atomic mass is 16.6. The first-order valence-corrected chi connectivity index (χ1v) is 9.88. The highest BCUT2D eigenvalue weighted by Crippen LogP contribution is 2.48. The van der Waals surface area contributed by atoms with Crippen LogP contribution in [-0.4, -0.2) is 11.0 Å². The van der Waals surface area contributed by atoms with E-state index in [2.05, 4.69) is 5.32 Å². The fourth-order valence-electron chi connectivity index (χ4n) is 4.00. The smallest absolute Gasteiger partial charge is 0.262 e. The number of amides is 1. The normalized spacial score (nSPS) is 22.4. The standard InChI is InChI=1S/C26H21NO3/c1-16-8-11-19(12-9-16)26(29)21(15-23(30-26)18-6-4-3-5-7-18)24-20-14-17(2)10-13-22(20)27-25(24)28/h3-15,29H,1-2H3,(H,27,28)/b24-21+. The molecule has 0 spiro atoms. The Bertz CT molecular complexity index is 1220. The highest BCUT2D eigenvalue weighted by Gasteiger charge is 2.46. The number of ether oxygens (including phenoxy) is 1. The predicted molar refractivity (Wildman–Crippen MR) is 117 cm³/mol. The Morgan fingerprint density at radius 2 is 1.60 bits per heavy atom. The molecule has 148 valence electrons. The third kappa shape index (κ3) is 2.85. The zero-order valence-electron chi connectivity index (χ0n) is 16.8. The van der Waals surface area contributed by atoms with Crippen LogP contribution >= 0.6 is 0 Å². The Labute approximate surface area is 175 Å². The first kappa shape index (κ1) is 18.4. The zero-order chi connectivity index (χ0) is 20.9. The molecule has 4 heteroatoms. The molecular formula is C26H21NO3. The molecule has 0 saturated carbocycles. The molecule has 1 unspecified atom stereocenters. The number of carbonyl (C=O) groups is 1. The second-order valence-corrected chi connectivity index (χ2v) is 7.78. The summed E-state index contributed by atoms with van der Waals surface area (Å²) in [5.74, 6) is -1.49. The van der Waals surface area contributed by atoms with E-state index in [-0.39, 0.29) is 5.91 Å². The topological polar surface area (TPSA) is 58.6 Å². The number of hydrogen-bond acceptors (Lipinski definition) is 3. The van der Waals surface area contributed by atoms with Crippen molar-refractivity contribution in [2.75, 3.05) is 5.32 Å². The van der Waals surface area contributed by atoms with Crippen molar-refractivity contribution in [2.45, 2.75) is 19.6 Å². The monoisotopic (exact) mass is 395 g/mol. The summed E-state index contributed by atoms with van der Waals surface area (Å²) in [6, 6.07) is 22.9. The SMILES string of the molecule is Cc1ccc(C2(O)OC(c3ccccc3)=C/C2=C2\C(=O)Nc3ccc(C)cc32)cc1. The molecule has 5 rings (SSSR count). The van der Waals surface area contributed by atoms with Gasteiger partial charge in [-0.25, -0.2) is 0 Å². The van der Waals surface area contributed by atoms with Gasteiger partial charge in [-0.15, -0.1) is 0 Å². The molecule has 3 aromatic carbocycles. The van der Waals surface area contributed by atoms with Crippen molar-refractivity contribution in [3.05, 3.63) is 112 Å². The average Bonchev–Trinajstić information content (AvgIpc) is 3.25. The van der Waals surface area contributed by atoms with Gasteiger partial charge in [-0.1, -0.05) is 71.8 Å². The zero-order valence-corrected chi connectivity index (χ0v) is 16.8. The first-order valence-electron chi connectivity index (χ1n) is 9.88. The Hall–Kier alpha value is -3.63. The van der Waals surface area contributed by atoms with Gasteiger partial charge in [0.2, 0.25) is 0 Å². The van der Waals surface area contributed by atoms with Gasteiger partial charge < -0.3 is 15.2 Å². The van der Waals surface area contributed by atoms with Crippen molar-refractivity contribution < 1.29 is 14.6 Å². The van der Waals surface area contributed by atoms with E-state index >= 15 is 0 Å². The van der Waals surface area contributed by atoms with Crippen LogP contribution in [0, 0.1) is 13.8 Å². The summed E-state index contributed by atoms with van der Waals surface area (Å²) < 4.78 is 6.16. The second-order valence-electron chi connectivity index (χ2n) is 7.78. The van der Waals surface area contributed by atoms with Crippen molar-refractivity contribution in [3.63, 3.8) is 0 Å². The van der Waals surface area contributed by atoms with Crippen molar-refractivity contribution in [1.29, 1.82) is 0 Å². The van der Waals surface area contributed by atoms with Crippen LogP contribution in [0.3, 0.4) is 0 Å². The summed E-state index contributed by atoms with van der Waals surface area (Å²) in [7, 11) is 0. The van der Waals surface area contributed by atoms with Crippen LogP contribution in [0.5, 0.6) is 0 Å². The Kier molecular flexibility index (Phi) is 4.12. The maximum atomic E-state index is 13.0. The van der Waals surface area contributed by atoms with Gasteiger partial charge in [0.25, 0.3) is 11.7 Å². The summed E-state index contributed by atoms with van der Waals surface area (Å²) in [6.45, 7) is 3.97. The van der Waals surface area contributed by atoms with Crippen LogP contribution in [0.25, 0.3) is 11.3 Å². The van der Waals surface area contributed by atoms with Gasteiger partial charge in [-0.3, -0.25) is 4.79 Å². The average molecular weight is 395 g/mol. The minimum absolute atomic E-state index is 0.245. The quantitative estimate of drug-likeness (QED) is 0.605. The number of carbonyl (C=O) groups excluding carboxylic acids is 1. The van der Waals surface area contributed by atoms with E-state index in [1.54, 1.807) is 6.08 Å². The van der Waals surface area contributed by atoms with Crippen molar-refractivity contribution in [2.24, 2.45) is 0 Å². The molecule has 2 heterocycles. The molecule has 0 fully saturated rings. The Morgan fingerprint density at radius 3 is 2.33 bits per heavy atom. The van der Waals surface area contributed by atoms with Gasteiger partial charge in [0.1, 0.15) is 5.76 Å². The maximum absolute atomic E-state index is 13.0. The van der Waals surface area contributed by atoms with Crippen LogP contribution in [0.4, 0.5) is 5.69 Å². The molecule has 3 aromatic rings. The third-order valence-electron chi connectivity index (χ3n) is 5.59. The molecule has 2 N–H and O–H groups in total. The molecular weight excluding hydrogens is 374 g/mol. The lowest BCUT2D eigenvalue weighted by Gasteiger charge is -2.27. The van der Waals surface area contributed by atoms with Gasteiger partial charge in [0.15, 0.2) is 0 Å². The molecule has 0 saturated heterocycles. The lowest BCUT2D eigenvalue weighted by molar-refractivity contribution is -0.121. The summed E-state index contributed by atoms with van der Waals surface area (Å²) in [6.07, 6.45) is 1.78. The minimum Gasteiger partial charge on any atom is -0.453 e. The van der Waals surface area contributed by atoms with E-state index in [1.165, 1.54) is 0 Å². The van der Waals surface area contributed by atoms with E-state index in [0.717, 1.165) is 27.9 Å². The number of aryl methyl sites for hydroxylation is 2. The van der Waals surface area contributed by atoms with E-state index in [9.17, 15) is 9.90 Å². The van der Waals surface area contributed by atoms with E-state index < -0.39 is 5.79 Å². The molecule has 2 aliphatic rings. The number of anilines is 1. The first-order chi connectivity index (χ1) is 14.5. The molecule has 30 heavy (non-hydrogen) atoms. The van der Waals surface area contributed by atoms with E-state index in [0.29, 0.717) is 22.5 Å². The number of aliphatic hydroxyl groups is 1. The van der Waals surface area contributed by atoms with Crippen molar-refractivity contribution >= 4 is 22.9 Å². The lowest BCUT2D eigenvalue weighted by Crippen LogP contribution is -2.28. The number of rotatable bonds is 2. The predicted octanol–water partition coefficient (Wildman–Crippen LogP) is 4.93. The van der Waals surface area contributed by atoms with Crippen molar-refractivity contribution in [1.82, 2.24) is 0 Å². The maximum Gasteiger partial charge on any atom is 0.262 e. The number of hydrogen-bond donors (Lipinski definition) is 2. The summed E-state index contributed by atoms with van der Waals surface area (Å²) in [5, 5.41) is 14.7. The molecule has 0 radical (unpaired) electrons. The van der Waals surface area contributed by atoms with Gasteiger partial charge >= 0.3 is 0 Å². The number of benzene rings is 3. The Morgan fingerprint density at radius 1 is 0.900 bits per heavy atom. The van der Waals surface area contributed by atoms with Crippen molar-refractivity contribution in [3.8, 4) is 0 Å². The number of fused-ring (bicyclic) bond motifs is 1. The lowest BCUT2D eigenvalue weighted by atomic mass is 9.90. The largest absolute Gasteiger partial charge is 0.453 e. The van der Waals surface area contributed by atoms with Gasteiger partial charge in [-0.05, 0) is 32.1 Å². The van der Waals surface area contributed by atoms with E-state index in [4.69, 9.17) is 4.74 Å². The van der Waals surface area contributed by atoms with E-state index in [1.807, 2.05) is 86.6 Å². The second kappa shape index (κ2) is 6.71.